The molecule has 29 heavy (non-hydrogen) atoms. The third-order valence-electron chi connectivity index (χ3n) is 6.33. The minimum Gasteiger partial charge on any atom is -0.454 e. The molecule has 0 spiro atoms. The zero-order valence-corrected chi connectivity index (χ0v) is 17.7. The molecule has 1 amide bonds. The highest BCUT2D eigenvalue weighted by Gasteiger charge is 2.27. The van der Waals surface area contributed by atoms with Crippen LogP contribution in [0.25, 0.3) is 0 Å². The van der Waals surface area contributed by atoms with E-state index in [4.69, 9.17) is 9.47 Å². The molecule has 4 rings (SSSR count). The van der Waals surface area contributed by atoms with Crippen LogP contribution in [0.15, 0.2) is 18.2 Å². The second-order valence-electron chi connectivity index (χ2n) is 8.34. The van der Waals surface area contributed by atoms with E-state index < -0.39 is 0 Å². The van der Waals surface area contributed by atoms with E-state index in [9.17, 15) is 4.79 Å². The van der Waals surface area contributed by atoms with Gasteiger partial charge in [-0.3, -0.25) is 9.48 Å². The molecule has 1 aliphatic carbocycles. The number of carbonyl (C=O) groups is 1. The van der Waals surface area contributed by atoms with Crippen molar-refractivity contribution in [3.05, 3.63) is 40.7 Å². The fraction of sp³-hybridized carbons (Fsp3) is 0.565. The molecule has 6 nitrogen and oxygen atoms in total. The van der Waals surface area contributed by atoms with E-state index in [0.717, 1.165) is 59.7 Å². The molecule has 0 atom stereocenters. The Hall–Kier alpha value is -2.50. The molecular weight excluding hydrogens is 366 g/mol. The maximum atomic E-state index is 13.6. The molecule has 0 bridgehead atoms. The Labute approximate surface area is 172 Å². The minimum absolute atomic E-state index is 0.129. The van der Waals surface area contributed by atoms with Crippen LogP contribution in [0.2, 0.25) is 0 Å². The fourth-order valence-electron chi connectivity index (χ4n) is 4.49. The smallest absolute Gasteiger partial charge is 0.231 e. The maximum absolute atomic E-state index is 13.6. The molecule has 1 fully saturated rings. The van der Waals surface area contributed by atoms with Crippen molar-refractivity contribution >= 4 is 5.91 Å². The standard InChI is InChI=1S/C23H31N3O3/c1-16-20(17(2)25(3)24-16)14-26(23(27)19-8-6-4-5-7-9-19)13-18-10-11-21-22(12-18)29-15-28-21/h10-12,19H,4-9,13-15H2,1-3H3. The summed E-state index contributed by atoms with van der Waals surface area (Å²) in [6, 6.07) is 5.97. The van der Waals surface area contributed by atoms with E-state index >= 15 is 0 Å². The Bertz CT molecular complexity index is 882. The van der Waals surface area contributed by atoms with Crippen LogP contribution in [-0.4, -0.2) is 27.4 Å². The van der Waals surface area contributed by atoms with Gasteiger partial charge in [-0.2, -0.15) is 5.10 Å². The van der Waals surface area contributed by atoms with E-state index in [-0.39, 0.29) is 18.6 Å². The molecular formula is C23H31N3O3. The fourth-order valence-corrected chi connectivity index (χ4v) is 4.49. The number of aromatic nitrogens is 2. The van der Waals surface area contributed by atoms with Crippen molar-refractivity contribution in [2.75, 3.05) is 6.79 Å². The number of benzene rings is 1. The lowest BCUT2D eigenvalue weighted by Crippen LogP contribution is -2.35. The minimum atomic E-state index is 0.129. The van der Waals surface area contributed by atoms with Gasteiger partial charge >= 0.3 is 0 Å². The van der Waals surface area contributed by atoms with E-state index in [1.165, 1.54) is 12.8 Å². The molecule has 2 aromatic rings. The first-order valence-corrected chi connectivity index (χ1v) is 10.7. The molecule has 0 saturated heterocycles. The van der Waals surface area contributed by atoms with Crippen molar-refractivity contribution in [3.63, 3.8) is 0 Å². The van der Waals surface area contributed by atoms with E-state index in [1.54, 1.807) is 0 Å². The lowest BCUT2D eigenvalue weighted by atomic mass is 9.97. The summed E-state index contributed by atoms with van der Waals surface area (Å²) in [5.74, 6) is 1.93. The van der Waals surface area contributed by atoms with Crippen LogP contribution in [0, 0.1) is 19.8 Å². The molecule has 0 radical (unpaired) electrons. The van der Waals surface area contributed by atoms with Gasteiger partial charge in [-0.15, -0.1) is 0 Å². The number of hydrogen-bond acceptors (Lipinski definition) is 4. The van der Waals surface area contributed by atoms with Crippen molar-refractivity contribution in [2.24, 2.45) is 13.0 Å². The van der Waals surface area contributed by atoms with E-state index in [2.05, 4.69) is 12.0 Å². The lowest BCUT2D eigenvalue weighted by molar-refractivity contribution is -0.137. The van der Waals surface area contributed by atoms with Gasteiger partial charge in [0.05, 0.1) is 5.69 Å². The van der Waals surface area contributed by atoms with Gasteiger partial charge in [0, 0.05) is 37.3 Å². The van der Waals surface area contributed by atoms with Crippen LogP contribution in [0.4, 0.5) is 0 Å². The average Bonchev–Trinajstić information content (AvgIpc) is 3.13. The predicted molar refractivity (Wildman–Crippen MR) is 111 cm³/mol. The Morgan fingerprint density at radius 1 is 1.10 bits per heavy atom. The summed E-state index contributed by atoms with van der Waals surface area (Å²) >= 11 is 0. The summed E-state index contributed by atoms with van der Waals surface area (Å²) in [5, 5.41) is 4.55. The summed E-state index contributed by atoms with van der Waals surface area (Å²) in [6.45, 7) is 5.52. The molecule has 0 unspecified atom stereocenters. The van der Waals surface area contributed by atoms with Crippen LogP contribution in [0.1, 0.15) is 61.0 Å². The van der Waals surface area contributed by atoms with E-state index in [0.29, 0.717) is 13.1 Å². The zero-order valence-electron chi connectivity index (χ0n) is 17.7. The van der Waals surface area contributed by atoms with Gasteiger partial charge in [-0.25, -0.2) is 0 Å². The molecule has 1 aromatic heterocycles. The number of carbonyl (C=O) groups excluding carboxylic acids is 1. The molecule has 156 valence electrons. The van der Waals surface area contributed by atoms with Gasteiger partial charge < -0.3 is 14.4 Å². The SMILES string of the molecule is Cc1nn(C)c(C)c1CN(Cc1ccc2c(c1)OCO2)C(=O)C1CCCCCC1. The zero-order chi connectivity index (χ0) is 20.4. The summed E-state index contributed by atoms with van der Waals surface area (Å²) in [4.78, 5) is 15.6. The Kier molecular flexibility index (Phi) is 5.79. The summed E-state index contributed by atoms with van der Waals surface area (Å²) in [5.41, 5.74) is 4.33. The van der Waals surface area contributed by atoms with Crippen molar-refractivity contribution in [1.82, 2.24) is 14.7 Å². The van der Waals surface area contributed by atoms with Gasteiger partial charge in [0.15, 0.2) is 11.5 Å². The molecule has 1 aromatic carbocycles. The predicted octanol–water partition coefficient (Wildman–Crippen LogP) is 4.26. The highest BCUT2D eigenvalue weighted by Crippen LogP contribution is 2.33. The third-order valence-corrected chi connectivity index (χ3v) is 6.33. The molecule has 2 aliphatic rings. The molecule has 0 N–H and O–H groups in total. The summed E-state index contributed by atoms with van der Waals surface area (Å²) in [7, 11) is 1.96. The van der Waals surface area contributed by atoms with Crippen LogP contribution in [0.3, 0.4) is 0 Å². The van der Waals surface area contributed by atoms with Gasteiger partial charge in [-0.1, -0.05) is 31.7 Å². The van der Waals surface area contributed by atoms with Crippen LogP contribution in [0.5, 0.6) is 11.5 Å². The maximum Gasteiger partial charge on any atom is 0.231 e. The number of ether oxygens (including phenoxy) is 2. The summed E-state index contributed by atoms with van der Waals surface area (Å²) in [6.07, 6.45) is 6.79. The second kappa shape index (κ2) is 8.47. The van der Waals surface area contributed by atoms with Gasteiger partial charge in [0.25, 0.3) is 0 Å². The van der Waals surface area contributed by atoms with Crippen molar-refractivity contribution in [1.29, 1.82) is 0 Å². The van der Waals surface area contributed by atoms with Crippen LogP contribution < -0.4 is 9.47 Å². The third kappa shape index (κ3) is 4.26. The molecule has 2 heterocycles. The first-order chi connectivity index (χ1) is 14.0. The number of nitrogens with zero attached hydrogens (tertiary/aromatic N) is 3. The first kappa shape index (κ1) is 19.8. The Morgan fingerprint density at radius 3 is 2.52 bits per heavy atom. The lowest BCUT2D eigenvalue weighted by Gasteiger charge is -2.27. The molecule has 1 saturated carbocycles. The normalized spacial score (nSPS) is 16.7. The van der Waals surface area contributed by atoms with Gasteiger partial charge in [0.1, 0.15) is 0 Å². The van der Waals surface area contributed by atoms with Crippen LogP contribution in [-0.2, 0) is 24.9 Å². The van der Waals surface area contributed by atoms with Crippen LogP contribution >= 0.6 is 0 Å². The highest BCUT2D eigenvalue weighted by molar-refractivity contribution is 5.79. The second-order valence-corrected chi connectivity index (χ2v) is 8.34. The highest BCUT2D eigenvalue weighted by atomic mass is 16.7. The summed E-state index contributed by atoms with van der Waals surface area (Å²) < 4.78 is 12.9. The molecule has 6 heteroatoms. The number of fused-ring (bicyclic) bond motifs is 1. The largest absolute Gasteiger partial charge is 0.454 e. The number of amides is 1. The van der Waals surface area contributed by atoms with Crippen molar-refractivity contribution in [2.45, 2.75) is 65.5 Å². The molecule has 1 aliphatic heterocycles. The van der Waals surface area contributed by atoms with Crippen molar-refractivity contribution in [3.8, 4) is 11.5 Å². The van der Waals surface area contributed by atoms with Gasteiger partial charge in [0.2, 0.25) is 12.7 Å². The van der Waals surface area contributed by atoms with E-state index in [1.807, 2.05) is 41.8 Å². The Balaban J connectivity index is 1.59. The topological polar surface area (TPSA) is 56.6 Å². The average molecular weight is 398 g/mol. The monoisotopic (exact) mass is 397 g/mol. The number of rotatable bonds is 5. The Morgan fingerprint density at radius 2 is 1.83 bits per heavy atom. The van der Waals surface area contributed by atoms with Crippen molar-refractivity contribution < 1.29 is 14.3 Å². The number of hydrogen-bond donors (Lipinski definition) is 0. The first-order valence-electron chi connectivity index (χ1n) is 10.7. The quantitative estimate of drug-likeness (QED) is 0.707. The van der Waals surface area contributed by atoms with Gasteiger partial charge in [-0.05, 0) is 44.4 Å². The number of aryl methyl sites for hydroxylation is 2.